The molecule has 9 heteroatoms. The van der Waals surface area contributed by atoms with Gasteiger partial charge in [-0.25, -0.2) is 4.79 Å². The van der Waals surface area contributed by atoms with Gasteiger partial charge in [0.1, 0.15) is 5.82 Å². The van der Waals surface area contributed by atoms with Crippen LogP contribution in [0.25, 0.3) is 5.69 Å². The maximum absolute atomic E-state index is 12.8. The third kappa shape index (κ3) is 3.48. The lowest BCUT2D eigenvalue weighted by Gasteiger charge is -2.10. The molecule has 5 nitrogen and oxygen atoms in total. The minimum absolute atomic E-state index is 0.135. The maximum atomic E-state index is 12.8. The first-order valence-corrected chi connectivity index (χ1v) is 7.06. The van der Waals surface area contributed by atoms with Crippen molar-refractivity contribution in [3.63, 3.8) is 0 Å². The Labute approximate surface area is 127 Å². The van der Waals surface area contributed by atoms with Crippen LogP contribution in [-0.4, -0.2) is 17.3 Å². The molecule has 0 spiro atoms. The molecule has 2 N–H and O–H groups in total. The van der Waals surface area contributed by atoms with E-state index in [1.807, 2.05) is 0 Å². The molecule has 0 radical (unpaired) electrons. The zero-order chi connectivity index (χ0) is 16.3. The van der Waals surface area contributed by atoms with Crippen LogP contribution >= 0.6 is 11.3 Å². The number of alkyl halides is 3. The number of halogens is 3. The number of rotatable bonds is 2. The van der Waals surface area contributed by atoms with E-state index in [-0.39, 0.29) is 22.9 Å². The lowest BCUT2D eigenvalue weighted by molar-refractivity contribution is -0.137. The fraction of sp³-hybridized carbons (Fsp3) is 0.231. The zero-order valence-corrected chi connectivity index (χ0v) is 12.2. The Bertz CT molecular complexity index is 749. The third-order valence-electron chi connectivity index (χ3n) is 2.62. The number of hydrogen-bond donors (Lipinski definition) is 1. The Morgan fingerprint density at radius 3 is 2.82 bits per heavy atom. The van der Waals surface area contributed by atoms with Crippen LogP contribution in [0, 0.1) is 0 Å². The van der Waals surface area contributed by atoms with Crippen LogP contribution < -0.4 is 10.5 Å². The molecule has 1 aromatic carbocycles. The van der Waals surface area contributed by atoms with Crippen molar-refractivity contribution < 1.29 is 22.7 Å². The summed E-state index contributed by atoms with van der Waals surface area (Å²) in [5.74, 6) is 0.173. The quantitative estimate of drug-likeness (QED) is 0.919. The van der Waals surface area contributed by atoms with Crippen molar-refractivity contribution in [1.82, 2.24) is 4.57 Å². The van der Waals surface area contributed by atoms with Gasteiger partial charge in [-0.1, -0.05) is 6.07 Å². The fourth-order valence-electron chi connectivity index (χ4n) is 1.72. The molecule has 0 aliphatic heterocycles. The molecule has 1 aromatic heterocycles. The molecule has 0 fully saturated rings. The summed E-state index contributed by atoms with van der Waals surface area (Å²) in [6.07, 6.45) is -5.30. The second-order valence-corrected chi connectivity index (χ2v) is 4.97. The van der Waals surface area contributed by atoms with E-state index in [9.17, 15) is 18.0 Å². The summed E-state index contributed by atoms with van der Waals surface area (Å²) >= 11 is 1.03. The van der Waals surface area contributed by atoms with Crippen molar-refractivity contribution in [3.8, 4) is 5.69 Å². The van der Waals surface area contributed by atoms with Crippen LogP contribution in [0.1, 0.15) is 12.5 Å². The van der Waals surface area contributed by atoms with Crippen LogP contribution in [0.15, 0.2) is 34.6 Å². The van der Waals surface area contributed by atoms with Crippen molar-refractivity contribution in [2.75, 3.05) is 12.3 Å². The minimum atomic E-state index is -4.47. The van der Waals surface area contributed by atoms with Crippen LogP contribution in [0.5, 0.6) is 0 Å². The summed E-state index contributed by atoms with van der Waals surface area (Å²) in [4.78, 5) is 15.2. The fourth-order valence-corrected chi connectivity index (χ4v) is 2.49. The molecule has 2 rings (SSSR count). The molecule has 22 heavy (non-hydrogen) atoms. The predicted octanol–water partition coefficient (Wildman–Crippen LogP) is 3.20. The number of thiazole rings is 1. The van der Waals surface area contributed by atoms with Crippen LogP contribution in [-0.2, 0) is 10.9 Å². The molecule has 0 saturated heterocycles. The summed E-state index contributed by atoms with van der Waals surface area (Å²) in [7, 11) is 0. The van der Waals surface area contributed by atoms with Gasteiger partial charge in [0, 0.05) is 5.38 Å². The van der Waals surface area contributed by atoms with Gasteiger partial charge in [-0.2, -0.15) is 13.2 Å². The molecule has 0 aliphatic carbocycles. The van der Waals surface area contributed by atoms with Crippen molar-refractivity contribution in [2.24, 2.45) is 4.99 Å². The summed E-state index contributed by atoms with van der Waals surface area (Å²) in [5.41, 5.74) is 5.11. The molecule has 0 saturated carbocycles. The largest absolute Gasteiger partial charge is 0.448 e. The highest BCUT2D eigenvalue weighted by atomic mass is 32.1. The summed E-state index contributed by atoms with van der Waals surface area (Å²) in [6.45, 7) is 1.77. The van der Waals surface area contributed by atoms with E-state index in [0.717, 1.165) is 23.5 Å². The smallest absolute Gasteiger partial charge is 0.436 e. The highest BCUT2D eigenvalue weighted by Crippen LogP contribution is 2.30. The lowest BCUT2D eigenvalue weighted by Crippen LogP contribution is -2.18. The number of anilines is 1. The molecule has 0 aliphatic rings. The van der Waals surface area contributed by atoms with Crippen molar-refractivity contribution in [3.05, 3.63) is 40.0 Å². The third-order valence-corrected chi connectivity index (χ3v) is 3.47. The van der Waals surface area contributed by atoms with Gasteiger partial charge in [-0.3, -0.25) is 4.57 Å². The number of carbonyl (C=O) groups is 1. The van der Waals surface area contributed by atoms with E-state index in [2.05, 4.69) is 4.99 Å². The highest BCUT2D eigenvalue weighted by Gasteiger charge is 2.30. The molecule has 1 heterocycles. The second-order valence-electron chi connectivity index (χ2n) is 4.14. The van der Waals surface area contributed by atoms with Gasteiger partial charge in [0.2, 0.25) is 4.80 Å². The first-order valence-electron chi connectivity index (χ1n) is 6.18. The number of carbonyl (C=O) groups excluding carboxylic acids is 1. The molecule has 0 bridgehead atoms. The number of hydrogen-bond acceptors (Lipinski definition) is 4. The normalized spacial score (nSPS) is 12.5. The minimum Gasteiger partial charge on any atom is -0.448 e. The van der Waals surface area contributed by atoms with E-state index >= 15 is 0 Å². The molecule has 118 valence electrons. The Morgan fingerprint density at radius 2 is 2.18 bits per heavy atom. The van der Waals surface area contributed by atoms with E-state index in [0.29, 0.717) is 0 Å². The number of benzene rings is 1. The Morgan fingerprint density at radius 1 is 1.45 bits per heavy atom. The molecular weight excluding hydrogens is 319 g/mol. The number of nitrogen functional groups attached to an aromatic ring is 1. The second kappa shape index (κ2) is 6.22. The lowest BCUT2D eigenvalue weighted by atomic mass is 10.2. The van der Waals surface area contributed by atoms with Crippen molar-refractivity contribution >= 4 is 23.2 Å². The molecule has 0 atom stereocenters. The predicted molar refractivity (Wildman–Crippen MR) is 75.6 cm³/mol. The number of aromatic nitrogens is 1. The Kier molecular flexibility index (Phi) is 4.55. The van der Waals surface area contributed by atoms with Gasteiger partial charge >= 0.3 is 12.3 Å². The van der Waals surface area contributed by atoms with Crippen molar-refractivity contribution in [1.29, 1.82) is 0 Å². The molecular formula is C13H12F3N3O2S. The molecule has 0 unspecified atom stereocenters. The molecule has 2 aromatic rings. The topological polar surface area (TPSA) is 69.6 Å². The van der Waals surface area contributed by atoms with Gasteiger partial charge in [0.05, 0.1) is 17.9 Å². The van der Waals surface area contributed by atoms with E-state index in [4.69, 9.17) is 10.5 Å². The molecule has 1 amide bonds. The number of ether oxygens (including phenoxy) is 1. The average molecular weight is 331 g/mol. The van der Waals surface area contributed by atoms with Gasteiger partial charge in [-0.15, -0.1) is 16.3 Å². The Balaban J connectivity index is 2.54. The number of nitrogens with zero attached hydrogens (tertiary/aromatic N) is 2. The van der Waals surface area contributed by atoms with Crippen molar-refractivity contribution in [2.45, 2.75) is 13.1 Å². The van der Waals surface area contributed by atoms with Gasteiger partial charge in [-0.05, 0) is 25.1 Å². The standard InChI is InChI=1S/C13H12F3N3O2S/c1-2-21-12(20)18-11-19(10(17)7-22-11)9-5-3-4-8(6-9)13(14,15)16/h3-7H,2,17H2,1H3. The highest BCUT2D eigenvalue weighted by molar-refractivity contribution is 7.07. The Hall–Kier alpha value is -2.29. The zero-order valence-electron chi connectivity index (χ0n) is 11.4. The summed E-state index contributed by atoms with van der Waals surface area (Å²) < 4.78 is 44.3. The number of nitrogens with two attached hydrogens (primary N) is 1. The maximum Gasteiger partial charge on any atom is 0.436 e. The first-order chi connectivity index (χ1) is 10.3. The van der Waals surface area contributed by atoms with Crippen LogP contribution in [0.3, 0.4) is 0 Å². The summed E-state index contributed by atoms with van der Waals surface area (Å²) in [6, 6.07) is 4.60. The average Bonchev–Trinajstić information content (AvgIpc) is 2.79. The van der Waals surface area contributed by atoms with Crippen LogP contribution in [0.2, 0.25) is 0 Å². The van der Waals surface area contributed by atoms with E-state index in [1.165, 1.54) is 22.1 Å². The van der Waals surface area contributed by atoms with Gasteiger partial charge in [0.15, 0.2) is 0 Å². The van der Waals surface area contributed by atoms with Gasteiger partial charge in [0.25, 0.3) is 0 Å². The monoisotopic (exact) mass is 331 g/mol. The van der Waals surface area contributed by atoms with Crippen LogP contribution in [0.4, 0.5) is 23.8 Å². The number of amides is 1. The first kappa shape index (κ1) is 16.1. The van der Waals surface area contributed by atoms with Gasteiger partial charge < -0.3 is 10.5 Å². The van der Waals surface area contributed by atoms with E-state index < -0.39 is 17.8 Å². The SMILES string of the molecule is CCOC(=O)N=c1scc(N)n1-c1cccc(C(F)(F)F)c1. The van der Waals surface area contributed by atoms with E-state index in [1.54, 1.807) is 6.92 Å². The summed E-state index contributed by atoms with van der Waals surface area (Å²) in [5, 5.41) is 1.48.